The Kier molecular flexibility index (Phi) is 3.73. The topological polar surface area (TPSA) is 52.7 Å². The van der Waals surface area contributed by atoms with Crippen molar-refractivity contribution in [3.63, 3.8) is 0 Å². The van der Waals surface area contributed by atoms with Crippen LogP contribution in [0.3, 0.4) is 0 Å². The molecule has 0 aliphatic carbocycles. The maximum atomic E-state index is 12.3. The predicted octanol–water partition coefficient (Wildman–Crippen LogP) is 0.352. The molecule has 1 N–H and O–H groups in total. The molecule has 2 unspecified atom stereocenters. The van der Waals surface area contributed by atoms with Crippen molar-refractivity contribution in [3.8, 4) is 0 Å². The van der Waals surface area contributed by atoms with Crippen LogP contribution in [0.15, 0.2) is 0 Å². The van der Waals surface area contributed by atoms with Gasteiger partial charge in [-0.2, -0.15) is 0 Å². The summed E-state index contributed by atoms with van der Waals surface area (Å²) in [5.41, 5.74) is 0. The standard InChI is InChI=1S/C14H23N3O2/c18-13-5-4-12-10-16(7-8-17(12)13)14(19)9-11-3-1-2-6-15-11/h11-12,15H,1-10H2. The predicted molar refractivity (Wildman–Crippen MR) is 71.6 cm³/mol. The van der Waals surface area contributed by atoms with E-state index in [-0.39, 0.29) is 17.9 Å². The van der Waals surface area contributed by atoms with E-state index in [2.05, 4.69) is 5.32 Å². The van der Waals surface area contributed by atoms with Crippen molar-refractivity contribution in [2.24, 2.45) is 0 Å². The Morgan fingerprint density at radius 2 is 2.16 bits per heavy atom. The van der Waals surface area contributed by atoms with Gasteiger partial charge in [-0.1, -0.05) is 6.42 Å². The average molecular weight is 265 g/mol. The molecule has 3 saturated heterocycles. The lowest BCUT2D eigenvalue weighted by molar-refractivity contribution is -0.139. The zero-order valence-corrected chi connectivity index (χ0v) is 11.4. The lowest BCUT2D eigenvalue weighted by Gasteiger charge is -2.38. The maximum Gasteiger partial charge on any atom is 0.224 e. The highest BCUT2D eigenvalue weighted by Crippen LogP contribution is 2.23. The third kappa shape index (κ3) is 2.76. The molecule has 5 nitrogen and oxygen atoms in total. The fourth-order valence-electron chi connectivity index (χ4n) is 3.53. The Morgan fingerprint density at radius 1 is 1.26 bits per heavy atom. The molecule has 2 amide bonds. The van der Waals surface area contributed by atoms with Crippen LogP contribution in [0.2, 0.25) is 0 Å². The first-order valence-corrected chi connectivity index (χ1v) is 7.54. The summed E-state index contributed by atoms with van der Waals surface area (Å²) in [6.45, 7) is 3.24. The van der Waals surface area contributed by atoms with Gasteiger partial charge >= 0.3 is 0 Å². The van der Waals surface area contributed by atoms with Gasteiger partial charge in [-0.05, 0) is 25.8 Å². The van der Waals surface area contributed by atoms with Gasteiger partial charge in [0.15, 0.2) is 0 Å². The van der Waals surface area contributed by atoms with E-state index < -0.39 is 0 Å². The third-order valence-electron chi connectivity index (χ3n) is 4.68. The van der Waals surface area contributed by atoms with Crippen molar-refractivity contribution >= 4 is 11.8 Å². The fraction of sp³-hybridized carbons (Fsp3) is 0.857. The lowest BCUT2D eigenvalue weighted by atomic mass is 10.0. The van der Waals surface area contributed by atoms with E-state index in [4.69, 9.17) is 0 Å². The van der Waals surface area contributed by atoms with Crippen molar-refractivity contribution in [2.45, 2.75) is 50.6 Å². The van der Waals surface area contributed by atoms with E-state index >= 15 is 0 Å². The van der Waals surface area contributed by atoms with Gasteiger partial charge in [0.25, 0.3) is 0 Å². The number of piperazine rings is 1. The zero-order valence-electron chi connectivity index (χ0n) is 11.4. The van der Waals surface area contributed by atoms with E-state index in [0.717, 1.165) is 32.5 Å². The highest BCUT2D eigenvalue weighted by atomic mass is 16.2. The molecule has 0 aromatic rings. The molecule has 0 spiro atoms. The maximum absolute atomic E-state index is 12.3. The Hall–Kier alpha value is -1.10. The summed E-state index contributed by atoms with van der Waals surface area (Å²) in [5.74, 6) is 0.532. The van der Waals surface area contributed by atoms with E-state index in [1.807, 2.05) is 9.80 Å². The van der Waals surface area contributed by atoms with Crippen LogP contribution in [-0.4, -0.2) is 59.9 Å². The quantitative estimate of drug-likeness (QED) is 0.784. The number of carbonyl (C=O) groups excluding carboxylic acids is 2. The largest absolute Gasteiger partial charge is 0.339 e. The number of piperidine rings is 1. The minimum absolute atomic E-state index is 0.262. The summed E-state index contributed by atoms with van der Waals surface area (Å²) in [6, 6.07) is 0.647. The van der Waals surface area contributed by atoms with Crippen molar-refractivity contribution in [1.82, 2.24) is 15.1 Å². The molecule has 3 rings (SSSR count). The summed E-state index contributed by atoms with van der Waals surface area (Å²) in [6.07, 6.45) is 5.79. The van der Waals surface area contributed by atoms with Gasteiger partial charge in [-0.3, -0.25) is 9.59 Å². The molecule has 0 radical (unpaired) electrons. The van der Waals surface area contributed by atoms with Gasteiger partial charge < -0.3 is 15.1 Å². The molecule has 3 aliphatic rings. The molecule has 0 bridgehead atoms. The molecule has 19 heavy (non-hydrogen) atoms. The second-order valence-corrected chi connectivity index (χ2v) is 5.97. The molecule has 5 heteroatoms. The van der Waals surface area contributed by atoms with Gasteiger partial charge in [0.05, 0.1) is 0 Å². The first-order valence-electron chi connectivity index (χ1n) is 7.54. The number of hydrogen-bond donors (Lipinski definition) is 1. The van der Waals surface area contributed by atoms with Crippen molar-refractivity contribution in [2.75, 3.05) is 26.2 Å². The Labute approximate surface area is 114 Å². The molecule has 106 valence electrons. The van der Waals surface area contributed by atoms with E-state index in [1.165, 1.54) is 12.8 Å². The van der Waals surface area contributed by atoms with Gasteiger partial charge in [0.1, 0.15) is 0 Å². The Bertz CT molecular complexity index is 366. The molecule has 3 heterocycles. The van der Waals surface area contributed by atoms with Gasteiger partial charge in [-0.25, -0.2) is 0 Å². The van der Waals surface area contributed by atoms with Crippen molar-refractivity contribution in [1.29, 1.82) is 0 Å². The molecule has 0 saturated carbocycles. The average Bonchev–Trinajstić information content (AvgIpc) is 2.81. The summed E-state index contributed by atoms with van der Waals surface area (Å²) in [4.78, 5) is 27.9. The van der Waals surface area contributed by atoms with Crippen LogP contribution in [0.5, 0.6) is 0 Å². The van der Waals surface area contributed by atoms with Gasteiger partial charge in [-0.15, -0.1) is 0 Å². The van der Waals surface area contributed by atoms with Crippen LogP contribution in [0.25, 0.3) is 0 Å². The first-order chi connectivity index (χ1) is 9.24. The number of fused-ring (bicyclic) bond motifs is 1. The van der Waals surface area contributed by atoms with E-state index in [9.17, 15) is 9.59 Å². The van der Waals surface area contributed by atoms with Crippen LogP contribution < -0.4 is 5.32 Å². The number of nitrogens with one attached hydrogen (secondary N) is 1. The Morgan fingerprint density at radius 3 is 2.95 bits per heavy atom. The molecule has 3 fully saturated rings. The van der Waals surface area contributed by atoms with Crippen LogP contribution in [0, 0.1) is 0 Å². The highest BCUT2D eigenvalue weighted by Gasteiger charge is 2.37. The van der Waals surface area contributed by atoms with E-state index in [0.29, 0.717) is 25.4 Å². The Balaban J connectivity index is 1.52. The zero-order chi connectivity index (χ0) is 13.2. The highest BCUT2D eigenvalue weighted by molar-refractivity contribution is 5.80. The molecule has 0 aromatic heterocycles. The number of hydrogen-bond acceptors (Lipinski definition) is 3. The van der Waals surface area contributed by atoms with Crippen LogP contribution in [0.1, 0.15) is 38.5 Å². The molecule has 0 aromatic carbocycles. The lowest BCUT2D eigenvalue weighted by Crippen LogP contribution is -2.54. The van der Waals surface area contributed by atoms with Crippen LogP contribution in [0.4, 0.5) is 0 Å². The monoisotopic (exact) mass is 265 g/mol. The van der Waals surface area contributed by atoms with Crippen molar-refractivity contribution < 1.29 is 9.59 Å². The molecular weight excluding hydrogens is 242 g/mol. The fourth-order valence-corrected chi connectivity index (χ4v) is 3.53. The second-order valence-electron chi connectivity index (χ2n) is 5.97. The first kappa shape index (κ1) is 12.9. The number of nitrogens with zero attached hydrogens (tertiary/aromatic N) is 2. The normalized spacial score (nSPS) is 31.5. The summed E-state index contributed by atoms with van der Waals surface area (Å²) >= 11 is 0. The van der Waals surface area contributed by atoms with Crippen LogP contribution in [-0.2, 0) is 9.59 Å². The van der Waals surface area contributed by atoms with Crippen molar-refractivity contribution in [3.05, 3.63) is 0 Å². The number of rotatable bonds is 2. The van der Waals surface area contributed by atoms with Crippen LogP contribution >= 0.6 is 0 Å². The molecule has 3 aliphatic heterocycles. The minimum atomic E-state index is 0.262. The van der Waals surface area contributed by atoms with Gasteiger partial charge in [0, 0.05) is 44.6 Å². The summed E-state index contributed by atoms with van der Waals surface area (Å²) in [5, 5.41) is 3.43. The third-order valence-corrected chi connectivity index (χ3v) is 4.68. The summed E-state index contributed by atoms with van der Waals surface area (Å²) in [7, 11) is 0. The van der Waals surface area contributed by atoms with Gasteiger partial charge in [0.2, 0.25) is 11.8 Å². The summed E-state index contributed by atoms with van der Waals surface area (Å²) < 4.78 is 0. The molecule has 2 atom stereocenters. The SMILES string of the molecule is O=C(CC1CCCCN1)N1CCN2C(=O)CCC2C1. The van der Waals surface area contributed by atoms with E-state index in [1.54, 1.807) is 0 Å². The number of amides is 2. The number of carbonyl (C=O) groups is 2. The second kappa shape index (κ2) is 5.49. The molecular formula is C14H23N3O2. The minimum Gasteiger partial charge on any atom is -0.339 e. The smallest absolute Gasteiger partial charge is 0.224 e.